The summed E-state index contributed by atoms with van der Waals surface area (Å²) >= 11 is 0. The highest BCUT2D eigenvalue weighted by Gasteiger charge is 2.32. The first kappa shape index (κ1) is 21.6. The van der Waals surface area contributed by atoms with Crippen LogP contribution in [0.15, 0.2) is 24.5 Å². The molecular formula is C21H26N6O6. The van der Waals surface area contributed by atoms with Crippen LogP contribution < -0.4 is 19.3 Å². The molecule has 1 aromatic heterocycles. The molecule has 0 radical (unpaired) electrons. The molecule has 12 heteroatoms. The van der Waals surface area contributed by atoms with Crippen LogP contribution in [-0.2, 0) is 16.0 Å². The molecule has 12 nitrogen and oxygen atoms in total. The molecule has 176 valence electrons. The first-order valence-electron chi connectivity index (χ1n) is 10.9. The van der Waals surface area contributed by atoms with Gasteiger partial charge in [0.2, 0.25) is 18.4 Å². The molecule has 0 spiro atoms. The Hall–Kier alpha value is -3.22. The Balaban J connectivity index is 1.26. The summed E-state index contributed by atoms with van der Waals surface area (Å²) in [5.74, 6) is 2.14. The maximum Gasteiger partial charge on any atom is 0.353 e. The lowest BCUT2D eigenvalue weighted by Crippen LogP contribution is -2.46. The van der Waals surface area contributed by atoms with Gasteiger partial charge in [0, 0.05) is 39.8 Å². The molecule has 0 atom stereocenters. The summed E-state index contributed by atoms with van der Waals surface area (Å²) in [5.41, 5.74) is 1.04. The lowest BCUT2D eigenvalue weighted by molar-refractivity contribution is -0.383. The molecule has 5 rings (SSSR count). The SMILES string of the molecule is CN(CC1OCCO1)c1ncnc(N2CCN(Cc3ccc4c(c3)OCO4)CC2)c1[N+](=O)[O-]. The molecule has 33 heavy (non-hydrogen) atoms. The summed E-state index contributed by atoms with van der Waals surface area (Å²) in [4.78, 5) is 26.0. The monoisotopic (exact) mass is 458 g/mol. The standard InChI is InChI=1S/C21H26N6O6/c1-24(12-18-30-8-9-31-18)20-19(27(28)29)21(23-13-22-20)26-6-4-25(5-7-26)11-15-2-3-16-17(10-15)33-14-32-16/h2-3,10,13,18H,4-9,11-12,14H2,1H3. The number of nitro groups is 1. The molecule has 2 fully saturated rings. The number of hydrogen-bond donors (Lipinski definition) is 0. The normalized spacial score (nSPS) is 18.6. The molecule has 0 saturated carbocycles. The van der Waals surface area contributed by atoms with Gasteiger partial charge >= 0.3 is 5.69 Å². The number of ether oxygens (including phenoxy) is 4. The van der Waals surface area contributed by atoms with Gasteiger partial charge in [-0.2, -0.15) is 0 Å². The van der Waals surface area contributed by atoms with Gasteiger partial charge < -0.3 is 28.7 Å². The molecule has 2 saturated heterocycles. The van der Waals surface area contributed by atoms with E-state index in [0.717, 1.165) is 36.7 Å². The molecule has 3 aliphatic rings. The molecular weight excluding hydrogens is 432 g/mol. The van der Waals surface area contributed by atoms with E-state index in [4.69, 9.17) is 18.9 Å². The van der Waals surface area contributed by atoms with Gasteiger partial charge in [0.1, 0.15) is 6.33 Å². The van der Waals surface area contributed by atoms with Gasteiger partial charge in [-0.15, -0.1) is 0 Å². The number of aromatic nitrogens is 2. The second kappa shape index (κ2) is 9.33. The van der Waals surface area contributed by atoms with Crippen molar-refractivity contribution in [2.24, 2.45) is 0 Å². The zero-order valence-corrected chi connectivity index (χ0v) is 18.4. The Morgan fingerprint density at radius 1 is 1.12 bits per heavy atom. The molecule has 0 unspecified atom stereocenters. The van der Waals surface area contributed by atoms with Gasteiger partial charge in [-0.25, -0.2) is 9.97 Å². The summed E-state index contributed by atoms with van der Waals surface area (Å²) < 4.78 is 21.8. The van der Waals surface area contributed by atoms with Crippen LogP contribution in [-0.4, -0.2) is 85.9 Å². The van der Waals surface area contributed by atoms with E-state index in [-0.39, 0.29) is 18.3 Å². The van der Waals surface area contributed by atoms with E-state index in [2.05, 4.69) is 14.9 Å². The zero-order valence-electron chi connectivity index (χ0n) is 18.4. The van der Waals surface area contributed by atoms with Crippen LogP contribution >= 0.6 is 0 Å². The highest BCUT2D eigenvalue weighted by atomic mass is 16.7. The van der Waals surface area contributed by atoms with Gasteiger partial charge in [-0.3, -0.25) is 15.0 Å². The largest absolute Gasteiger partial charge is 0.454 e. The van der Waals surface area contributed by atoms with E-state index in [9.17, 15) is 10.1 Å². The number of nitrogens with zero attached hydrogens (tertiary/aromatic N) is 6. The van der Waals surface area contributed by atoms with Gasteiger partial charge in [0.15, 0.2) is 17.8 Å². The van der Waals surface area contributed by atoms with Crippen LogP contribution in [0.5, 0.6) is 11.5 Å². The summed E-state index contributed by atoms with van der Waals surface area (Å²) in [5, 5.41) is 12.0. The topological polar surface area (TPSA) is 116 Å². The van der Waals surface area contributed by atoms with Crippen molar-refractivity contribution in [1.82, 2.24) is 14.9 Å². The summed E-state index contributed by atoms with van der Waals surface area (Å²) in [6.45, 7) is 5.17. The number of piperazine rings is 1. The fraction of sp³-hybridized carbons (Fsp3) is 0.524. The fourth-order valence-electron chi connectivity index (χ4n) is 4.27. The van der Waals surface area contributed by atoms with Crippen molar-refractivity contribution in [3.63, 3.8) is 0 Å². The Bertz CT molecular complexity index is 1010. The van der Waals surface area contributed by atoms with Gasteiger partial charge in [-0.1, -0.05) is 6.07 Å². The third-order valence-corrected chi connectivity index (χ3v) is 5.96. The Morgan fingerprint density at radius 3 is 2.64 bits per heavy atom. The molecule has 2 aromatic rings. The highest BCUT2D eigenvalue weighted by molar-refractivity contribution is 5.71. The average molecular weight is 458 g/mol. The number of rotatable bonds is 7. The third kappa shape index (κ3) is 4.63. The Labute approximate surface area is 190 Å². The van der Waals surface area contributed by atoms with Gasteiger partial charge in [0.05, 0.1) is 24.7 Å². The van der Waals surface area contributed by atoms with Crippen LogP contribution in [0.2, 0.25) is 0 Å². The van der Waals surface area contributed by atoms with E-state index in [1.54, 1.807) is 11.9 Å². The minimum absolute atomic E-state index is 0.0952. The minimum Gasteiger partial charge on any atom is -0.454 e. The average Bonchev–Trinajstić information content (AvgIpc) is 3.50. The molecule has 3 aliphatic heterocycles. The third-order valence-electron chi connectivity index (χ3n) is 5.96. The first-order chi connectivity index (χ1) is 16.1. The second-order valence-corrected chi connectivity index (χ2v) is 8.13. The second-order valence-electron chi connectivity index (χ2n) is 8.13. The van der Waals surface area contributed by atoms with Crippen molar-refractivity contribution in [2.45, 2.75) is 12.8 Å². The van der Waals surface area contributed by atoms with Gasteiger partial charge in [-0.05, 0) is 17.7 Å². The van der Waals surface area contributed by atoms with Crippen LogP contribution in [0.1, 0.15) is 5.56 Å². The van der Waals surface area contributed by atoms with Crippen molar-refractivity contribution in [3.8, 4) is 11.5 Å². The minimum atomic E-state index is -0.423. The first-order valence-corrected chi connectivity index (χ1v) is 10.9. The predicted octanol–water partition coefficient (Wildman–Crippen LogP) is 1.24. The molecule has 4 heterocycles. The maximum atomic E-state index is 12.0. The molecule has 0 aliphatic carbocycles. The van der Waals surface area contributed by atoms with E-state index in [1.165, 1.54) is 6.33 Å². The fourth-order valence-corrected chi connectivity index (χ4v) is 4.27. The molecule has 0 bridgehead atoms. The van der Waals surface area contributed by atoms with Gasteiger partial charge in [0.25, 0.3) is 0 Å². The number of benzene rings is 1. The summed E-state index contributed by atoms with van der Waals surface area (Å²) in [6, 6.07) is 5.97. The summed E-state index contributed by atoms with van der Waals surface area (Å²) in [7, 11) is 1.74. The van der Waals surface area contributed by atoms with Crippen LogP contribution in [0.4, 0.5) is 17.3 Å². The van der Waals surface area contributed by atoms with E-state index < -0.39 is 11.2 Å². The Morgan fingerprint density at radius 2 is 1.88 bits per heavy atom. The van der Waals surface area contributed by atoms with E-state index >= 15 is 0 Å². The number of likely N-dealkylation sites (N-methyl/N-ethyl adjacent to an activating group) is 1. The maximum absolute atomic E-state index is 12.0. The number of hydrogen-bond acceptors (Lipinski definition) is 11. The van der Waals surface area contributed by atoms with Crippen LogP contribution in [0, 0.1) is 10.1 Å². The molecule has 0 N–H and O–H groups in total. The lowest BCUT2D eigenvalue weighted by atomic mass is 10.1. The number of fused-ring (bicyclic) bond motifs is 1. The molecule has 0 amide bonds. The van der Waals surface area contributed by atoms with E-state index in [0.29, 0.717) is 38.7 Å². The van der Waals surface area contributed by atoms with Crippen molar-refractivity contribution in [1.29, 1.82) is 0 Å². The van der Waals surface area contributed by atoms with Crippen LogP contribution in [0.3, 0.4) is 0 Å². The van der Waals surface area contributed by atoms with Crippen molar-refractivity contribution in [2.75, 3.05) is 69.6 Å². The van der Waals surface area contributed by atoms with Crippen molar-refractivity contribution < 1.29 is 23.9 Å². The number of anilines is 2. The van der Waals surface area contributed by atoms with E-state index in [1.807, 2.05) is 23.1 Å². The van der Waals surface area contributed by atoms with Crippen molar-refractivity contribution >= 4 is 17.3 Å². The zero-order chi connectivity index (χ0) is 22.8. The predicted molar refractivity (Wildman–Crippen MR) is 118 cm³/mol. The van der Waals surface area contributed by atoms with Crippen LogP contribution in [0.25, 0.3) is 0 Å². The lowest BCUT2D eigenvalue weighted by Gasteiger charge is -2.35. The smallest absolute Gasteiger partial charge is 0.353 e. The van der Waals surface area contributed by atoms with Crippen molar-refractivity contribution in [3.05, 3.63) is 40.2 Å². The highest BCUT2D eigenvalue weighted by Crippen LogP contribution is 2.35. The Kier molecular flexibility index (Phi) is 6.11. The summed E-state index contributed by atoms with van der Waals surface area (Å²) in [6.07, 6.45) is 0.955. The quantitative estimate of drug-likeness (QED) is 0.441. The molecule has 1 aromatic carbocycles.